The number of likely N-dealkylation sites (N-methyl/N-ethyl adjacent to an activating group) is 1. The van der Waals surface area contributed by atoms with Gasteiger partial charge in [0.2, 0.25) is 5.91 Å². The molecule has 0 unspecified atom stereocenters. The van der Waals surface area contributed by atoms with Crippen LogP contribution in [0, 0.1) is 0 Å². The highest BCUT2D eigenvalue weighted by molar-refractivity contribution is 7.91. The largest absolute Gasteiger partial charge is 0.495 e. The Hall–Kier alpha value is -3.36. The van der Waals surface area contributed by atoms with E-state index >= 15 is 0 Å². The number of nitrogens with zero attached hydrogens (tertiary/aromatic N) is 2. The van der Waals surface area contributed by atoms with Crippen LogP contribution in [0.4, 0.5) is 13.2 Å². The molecule has 1 heterocycles. The Bertz CT molecular complexity index is 1320. The Balaban J connectivity index is 0.000000745. The van der Waals surface area contributed by atoms with Crippen LogP contribution in [0.15, 0.2) is 52.4 Å². The van der Waals surface area contributed by atoms with Gasteiger partial charge in [0.05, 0.1) is 13.7 Å². The molecule has 2 aromatic carbocycles. The third-order valence-electron chi connectivity index (χ3n) is 5.80. The number of methoxy groups -OCH3 is 1. The summed E-state index contributed by atoms with van der Waals surface area (Å²) < 4.78 is 62.1. The number of nitrogens with one attached hydrogen (secondary N) is 2. The van der Waals surface area contributed by atoms with Crippen molar-refractivity contribution in [3.63, 3.8) is 0 Å². The van der Waals surface area contributed by atoms with Crippen molar-refractivity contribution >= 4 is 39.2 Å². The number of carbonyl (C=O) groups excluding carboxylic acids is 1. The smallest absolute Gasteiger partial charge is 0.490 e. The monoisotopic (exact) mass is 620 g/mol. The molecule has 0 aliphatic carbocycles. The van der Waals surface area contributed by atoms with Crippen LogP contribution in [-0.4, -0.2) is 88.5 Å². The van der Waals surface area contributed by atoms with E-state index in [1.54, 1.807) is 18.0 Å². The van der Waals surface area contributed by atoms with Crippen molar-refractivity contribution in [2.45, 2.75) is 30.3 Å². The fourth-order valence-corrected chi connectivity index (χ4v) is 5.15. The maximum atomic E-state index is 12.6. The van der Waals surface area contributed by atoms with E-state index in [-0.39, 0.29) is 22.4 Å². The average molecular weight is 621 g/mol. The molecule has 0 atom stereocenters. The van der Waals surface area contributed by atoms with Gasteiger partial charge in [0.25, 0.3) is 0 Å². The molecule has 15 heteroatoms. The van der Waals surface area contributed by atoms with Gasteiger partial charge in [-0.1, -0.05) is 35.9 Å². The molecule has 0 aromatic heterocycles. The summed E-state index contributed by atoms with van der Waals surface area (Å²) in [7, 11) is -0.416. The first kappa shape index (κ1) is 33.8. The van der Waals surface area contributed by atoms with Crippen molar-refractivity contribution in [1.29, 1.82) is 0 Å². The number of sulfone groups is 1. The van der Waals surface area contributed by atoms with Crippen molar-refractivity contribution in [1.82, 2.24) is 15.5 Å². The Morgan fingerprint density at radius 2 is 1.85 bits per heavy atom. The SMILES string of the molecule is COc1ccc(Cl)cc1S(=O)(=O)CNCCCC(=O)N(C)CCc1ccc(C2=NCCN2)cc1.O=C(O)C(F)(F)F. The minimum Gasteiger partial charge on any atom is -0.495 e. The number of carboxylic acid groups (broad SMARTS) is 1. The Kier molecular flexibility index (Phi) is 12.9. The van der Waals surface area contributed by atoms with Crippen LogP contribution in [0.5, 0.6) is 5.75 Å². The molecular formula is C26H32ClF3N4O6S. The zero-order chi connectivity index (χ0) is 30.6. The molecule has 3 rings (SSSR count). The van der Waals surface area contributed by atoms with Crippen LogP contribution in [0.2, 0.25) is 5.02 Å². The van der Waals surface area contributed by atoms with Gasteiger partial charge in [-0.15, -0.1) is 0 Å². The second-order valence-corrected chi connectivity index (χ2v) is 11.3. The number of hydrogen-bond donors (Lipinski definition) is 3. The van der Waals surface area contributed by atoms with E-state index in [1.807, 2.05) is 12.1 Å². The number of carboxylic acids is 1. The highest BCUT2D eigenvalue weighted by Gasteiger charge is 2.38. The number of ether oxygens (including phenoxy) is 1. The van der Waals surface area contributed by atoms with E-state index < -0.39 is 22.0 Å². The molecule has 0 fully saturated rings. The summed E-state index contributed by atoms with van der Waals surface area (Å²) in [5, 5.41) is 13.6. The Morgan fingerprint density at radius 1 is 1.20 bits per heavy atom. The molecule has 1 aliphatic rings. The number of rotatable bonds is 12. The van der Waals surface area contributed by atoms with E-state index in [2.05, 4.69) is 27.8 Å². The summed E-state index contributed by atoms with van der Waals surface area (Å²) in [6, 6.07) is 12.7. The summed E-state index contributed by atoms with van der Waals surface area (Å²) in [6.45, 7) is 2.72. The minimum atomic E-state index is -5.08. The van der Waals surface area contributed by atoms with Gasteiger partial charge in [0.15, 0.2) is 9.84 Å². The van der Waals surface area contributed by atoms with Gasteiger partial charge in [-0.2, -0.15) is 13.2 Å². The second kappa shape index (κ2) is 15.6. The van der Waals surface area contributed by atoms with Crippen LogP contribution >= 0.6 is 11.6 Å². The second-order valence-electron chi connectivity index (χ2n) is 8.88. The third kappa shape index (κ3) is 11.2. The molecule has 41 heavy (non-hydrogen) atoms. The summed E-state index contributed by atoms with van der Waals surface area (Å²) in [5.41, 5.74) is 2.24. The zero-order valence-corrected chi connectivity index (χ0v) is 24.1. The lowest BCUT2D eigenvalue weighted by atomic mass is 10.1. The standard InChI is InChI=1S/C24H31ClN4O4S.C2HF3O2/c1-29(15-11-18-5-7-19(8-6-18)24-27-13-14-28-24)23(30)4-3-12-26-17-34(31,32)22-16-20(25)9-10-21(22)33-2;3-2(4,5)1(6)7/h5-10,16,26H,3-4,11-15,17H2,1-2H3,(H,27,28);(H,6,7). The third-order valence-corrected chi connectivity index (χ3v) is 7.61. The molecule has 1 aliphatic heterocycles. The molecule has 0 bridgehead atoms. The lowest BCUT2D eigenvalue weighted by Gasteiger charge is -2.17. The van der Waals surface area contributed by atoms with Gasteiger partial charge in [0.1, 0.15) is 22.4 Å². The maximum Gasteiger partial charge on any atom is 0.490 e. The molecule has 0 spiro atoms. The molecule has 0 saturated heterocycles. The fraction of sp³-hybridized carbons (Fsp3) is 0.423. The summed E-state index contributed by atoms with van der Waals surface area (Å²) in [4.78, 5) is 27.5. The van der Waals surface area contributed by atoms with E-state index in [0.29, 0.717) is 31.0 Å². The number of hydrogen-bond acceptors (Lipinski definition) is 8. The first-order chi connectivity index (χ1) is 19.2. The number of alkyl halides is 3. The van der Waals surface area contributed by atoms with Crippen molar-refractivity contribution in [3.05, 3.63) is 58.6 Å². The van der Waals surface area contributed by atoms with Crippen LogP contribution in [0.1, 0.15) is 24.0 Å². The van der Waals surface area contributed by atoms with E-state index in [9.17, 15) is 26.4 Å². The Morgan fingerprint density at radius 3 is 2.41 bits per heavy atom. The molecule has 0 saturated carbocycles. The van der Waals surface area contributed by atoms with Gasteiger partial charge in [-0.25, -0.2) is 13.2 Å². The summed E-state index contributed by atoms with van der Waals surface area (Å²) >= 11 is 5.94. The van der Waals surface area contributed by atoms with Gasteiger partial charge in [0, 0.05) is 37.1 Å². The van der Waals surface area contributed by atoms with Crippen molar-refractivity contribution < 1.29 is 41.0 Å². The van der Waals surface area contributed by atoms with Crippen molar-refractivity contribution in [3.8, 4) is 5.75 Å². The average Bonchev–Trinajstić information content (AvgIpc) is 3.46. The van der Waals surface area contributed by atoms with Gasteiger partial charge in [-0.05, 0) is 43.1 Å². The number of aliphatic carboxylic acids is 1. The normalized spacial score (nSPS) is 13.0. The van der Waals surface area contributed by atoms with Crippen LogP contribution in [-0.2, 0) is 25.8 Å². The van der Waals surface area contributed by atoms with Crippen molar-refractivity contribution in [2.75, 3.05) is 46.2 Å². The lowest BCUT2D eigenvalue weighted by molar-refractivity contribution is -0.192. The van der Waals surface area contributed by atoms with Crippen molar-refractivity contribution in [2.24, 2.45) is 4.99 Å². The van der Waals surface area contributed by atoms with E-state index in [4.69, 9.17) is 26.2 Å². The molecule has 3 N–H and O–H groups in total. The van der Waals surface area contributed by atoms with Crippen LogP contribution < -0.4 is 15.4 Å². The van der Waals surface area contributed by atoms with Gasteiger partial charge >= 0.3 is 12.1 Å². The quantitative estimate of drug-likeness (QED) is 0.308. The predicted molar refractivity (Wildman–Crippen MR) is 148 cm³/mol. The van der Waals surface area contributed by atoms with Gasteiger partial charge in [-0.3, -0.25) is 9.79 Å². The molecule has 10 nitrogen and oxygen atoms in total. The van der Waals surface area contributed by atoms with E-state index in [0.717, 1.165) is 36.5 Å². The molecule has 0 radical (unpaired) electrons. The lowest BCUT2D eigenvalue weighted by Crippen LogP contribution is -2.30. The molecule has 2 aromatic rings. The first-order valence-electron chi connectivity index (χ1n) is 12.4. The zero-order valence-electron chi connectivity index (χ0n) is 22.5. The highest BCUT2D eigenvalue weighted by atomic mass is 35.5. The fourth-order valence-electron chi connectivity index (χ4n) is 3.58. The first-order valence-corrected chi connectivity index (χ1v) is 14.5. The minimum absolute atomic E-state index is 0.0299. The molecule has 1 amide bonds. The number of amidine groups is 1. The number of benzene rings is 2. The number of aliphatic imine (C=N–C) groups is 1. The number of amides is 1. The summed E-state index contributed by atoms with van der Waals surface area (Å²) in [6.07, 6.45) is -3.44. The van der Waals surface area contributed by atoms with Gasteiger partial charge < -0.3 is 25.4 Å². The number of carbonyl (C=O) groups is 2. The number of halogens is 4. The summed E-state index contributed by atoms with van der Waals surface area (Å²) in [5.74, 6) is -1.80. The predicted octanol–water partition coefficient (Wildman–Crippen LogP) is 3.13. The van der Waals surface area contributed by atoms with Crippen LogP contribution in [0.25, 0.3) is 0 Å². The molecule has 226 valence electrons. The van der Waals surface area contributed by atoms with Crippen LogP contribution in [0.3, 0.4) is 0 Å². The molecular weight excluding hydrogens is 589 g/mol. The Labute approximate surface area is 241 Å². The topological polar surface area (TPSA) is 137 Å². The van der Waals surface area contributed by atoms with E-state index in [1.165, 1.54) is 19.2 Å². The maximum absolute atomic E-state index is 12.6. The highest BCUT2D eigenvalue weighted by Crippen LogP contribution is 2.27.